The molecule has 0 spiro atoms. The largest absolute Gasteiger partial charge is 0.339 e. The molecule has 1 aromatic rings. The summed E-state index contributed by atoms with van der Waals surface area (Å²) in [5.41, 5.74) is 2.63. The van der Waals surface area contributed by atoms with Gasteiger partial charge in [0, 0.05) is 25.6 Å². The Balaban J connectivity index is 1.90. The van der Waals surface area contributed by atoms with E-state index in [1.807, 2.05) is 11.0 Å². The van der Waals surface area contributed by atoms with Gasteiger partial charge in [-0.15, -0.1) is 0 Å². The Morgan fingerprint density at radius 3 is 2.70 bits per heavy atom. The summed E-state index contributed by atoms with van der Waals surface area (Å²) in [4.78, 5) is 14.1. The van der Waals surface area contributed by atoms with Crippen molar-refractivity contribution in [1.82, 2.24) is 10.2 Å². The molecule has 1 amide bonds. The highest BCUT2D eigenvalue weighted by Crippen LogP contribution is 2.22. The number of hydrogen-bond donors (Lipinski definition) is 1. The van der Waals surface area contributed by atoms with E-state index in [0.29, 0.717) is 6.42 Å². The van der Waals surface area contributed by atoms with Crippen molar-refractivity contribution in [3.8, 4) is 0 Å². The molecule has 3 nitrogen and oxygen atoms in total. The lowest BCUT2D eigenvalue weighted by Crippen LogP contribution is -2.39. The minimum Gasteiger partial charge on any atom is -0.339 e. The van der Waals surface area contributed by atoms with Crippen LogP contribution in [-0.4, -0.2) is 36.5 Å². The molecule has 1 aliphatic heterocycles. The van der Waals surface area contributed by atoms with Crippen LogP contribution in [0.4, 0.5) is 0 Å². The fraction of sp³-hybridized carbons (Fsp3) is 0.471. The third-order valence-corrected chi connectivity index (χ3v) is 3.74. The van der Waals surface area contributed by atoms with Crippen molar-refractivity contribution in [2.24, 2.45) is 0 Å². The summed E-state index contributed by atoms with van der Waals surface area (Å²) in [6.45, 7) is 6.61. The van der Waals surface area contributed by atoms with Crippen LogP contribution in [0.1, 0.15) is 32.3 Å². The average molecular weight is 272 g/mol. The minimum absolute atomic E-state index is 0.252. The van der Waals surface area contributed by atoms with Crippen LogP contribution in [0.15, 0.2) is 36.4 Å². The zero-order chi connectivity index (χ0) is 14.4. The lowest BCUT2D eigenvalue weighted by molar-refractivity contribution is -0.131. The van der Waals surface area contributed by atoms with Gasteiger partial charge in [-0.1, -0.05) is 43.3 Å². The van der Waals surface area contributed by atoms with Crippen LogP contribution < -0.4 is 5.32 Å². The summed E-state index contributed by atoms with van der Waals surface area (Å²) >= 11 is 0. The first-order valence-electron chi connectivity index (χ1n) is 7.46. The molecule has 20 heavy (non-hydrogen) atoms. The highest BCUT2D eigenvalue weighted by atomic mass is 16.2. The number of carbonyl (C=O) groups is 1. The van der Waals surface area contributed by atoms with Gasteiger partial charge in [0.05, 0.1) is 0 Å². The predicted molar refractivity (Wildman–Crippen MR) is 83.4 cm³/mol. The van der Waals surface area contributed by atoms with E-state index in [0.717, 1.165) is 26.1 Å². The fourth-order valence-electron chi connectivity index (χ4n) is 2.62. The van der Waals surface area contributed by atoms with Crippen molar-refractivity contribution >= 4 is 11.5 Å². The molecule has 1 atom stereocenters. The summed E-state index contributed by atoms with van der Waals surface area (Å²) in [7, 11) is 0. The summed E-state index contributed by atoms with van der Waals surface area (Å²) in [6.07, 6.45) is 3.72. The van der Waals surface area contributed by atoms with Gasteiger partial charge >= 0.3 is 0 Å². The summed E-state index contributed by atoms with van der Waals surface area (Å²) in [6, 6.07) is 10.7. The molecule has 2 rings (SSSR count). The van der Waals surface area contributed by atoms with Gasteiger partial charge in [-0.05, 0) is 31.0 Å². The highest BCUT2D eigenvalue weighted by Gasteiger charge is 2.19. The second-order valence-corrected chi connectivity index (χ2v) is 5.35. The first-order valence-corrected chi connectivity index (χ1v) is 7.46. The van der Waals surface area contributed by atoms with Crippen LogP contribution in [0.25, 0.3) is 5.57 Å². The standard InChI is InChI=1S/C17H24N2O/c1-3-18-14(2)13-17(20)19-11-9-16(10-12-19)15-7-5-4-6-8-15/h4-9,14,18H,3,10-13H2,1-2H3. The van der Waals surface area contributed by atoms with Crippen molar-refractivity contribution < 1.29 is 4.79 Å². The molecule has 0 bridgehead atoms. The van der Waals surface area contributed by atoms with Gasteiger partial charge in [-0.2, -0.15) is 0 Å². The van der Waals surface area contributed by atoms with Gasteiger partial charge in [0.15, 0.2) is 0 Å². The van der Waals surface area contributed by atoms with E-state index in [1.165, 1.54) is 11.1 Å². The number of benzene rings is 1. The van der Waals surface area contributed by atoms with Crippen molar-refractivity contribution in [1.29, 1.82) is 0 Å². The van der Waals surface area contributed by atoms with Crippen LogP contribution in [0.3, 0.4) is 0 Å². The molecule has 0 saturated carbocycles. The van der Waals surface area contributed by atoms with E-state index in [2.05, 4.69) is 49.5 Å². The van der Waals surface area contributed by atoms with Gasteiger partial charge in [0.1, 0.15) is 0 Å². The number of amides is 1. The van der Waals surface area contributed by atoms with Crippen LogP contribution in [0.2, 0.25) is 0 Å². The molecule has 1 N–H and O–H groups in total. The third-order valence-electron chi connectivity index (χ3n) is 3.74. The Kier molecular flexibility index (Phi) is 5.36. The topological polar surface area (TPSA) is 32.3 Å². The van der Waals surface area contributed by atoms with E-state index in [4.69, 9.17) is 0 Å². The van der Waals surface area contributed by atoms with E-state index in [-0.39, 0.29) is 11.9 Å². The number of hydrogen-bond acceptors (Lipinski definition) is 2. The molecule has 1 unspecified atom stereocenters. The second kappa shape index (κ2) is 7.25. The van der Waals surface area contributed by atoms with E-state index < -0.39 is 0 Å². The predicted octanol–water partition coefficient (Wildman–Crippen LogP) is 2.69. The molecule has 0 aromatic heterocycles. The lowest BCUT2D eigenvalue weighted by Gasteiger charge is -2.28. The van der Waals surface area contributed by atoms with Crippen LogP contribution in [-0.2, 0) is 4.79 Å². The van der Waals surface area contributed by atoms with Gasteiger partial charge < -0.3 is 10.2 Å². The number of rotatable bonds is 5. The van der Waals surface area contributed by atoms with E-state index in [9.17, 15) is 4.79 Å². The Morgan fingerprint density at radius 1 is 1.35 bits per heavy atom. The summed E-state index contributed by atoms with van der Waals surface area (Å²) in [5.74, 6) is 0.252. The molecular formula is C17H24N2O. The van der Waals surface area contributed by atoms with Crippen molar-refractivity contribution in [3.05, 3.63) is 42.0 Å². The zero-order valence-electron chi connectivity index (χ0n) is 12.4. The van der Waals surface area contributed by atoms with Crippen molar-refractivity contribution in [2.75, 3.05) is 19.6 Å². The Hall–Kier alpha value is -1.61. The molecular weight excluding hydrogens is 248 g/mol. The molecule has 1 heterocycles. The number of nitrogens with one attached hydrogen (secondary N) is 1. The highest BCUT2D eigenvalue weighted by molar-refractivity contribution is 5.78. The van der Waals surface area contributed by atoms with Gasteiger partial charge in [0.25, 0.3) is 0 Å². The number of nitrogens with zero attached hydrogens (tertiary/aromatic N) is 1. The maximum Gasteiger partial charge on any atom is 0.224 e. The maximum absolute atomic E-state index is 12.2. The van der Waals surface area contributed by atoms with Crippen molar-refractivity contribution in [3.63, 3.8) is 0 Å². The molecule has 0 saturated heterocycles. The van der Waals surface area contributed by atoms with Gasteiger partial charge in [0.2, 0.25) is 5.91 Å². The van der Waals surface area contributed by atoms with Crippen LogP contribution in [0.5, 0.6) is 0 Å². The molecule has 0 fully saturated rings. The fourth-order valence-corrected chi connectivity index (χ4v) is 2.62. The lowest BCUT2D eigenvalue weighted by atomic mass is 9.99. The summed E-state index contributed by atoms with van der Waals surface area (Å²) in [5, 5.41) is 3.29. The van der Waals surface area contributed by atoms with Crippen molar-refractivity contribution in [2.45, 2.75) is 32.7 Å². The van der Waals surface area contributed by atoms with Gasteiger partial charge in [-0.25, -0.2) is 0 Å². The average Bonchev–Trinajstić information content (AvgIpc) is 2.48. The zero-order valence-corrected chi connectivity index (χ0v) is 12.4. The Morgan fingerprint density at radius 2 is 2.10 bits per heavy atom. The quantitative estimate of drug-likeness (QED) is 0.894. The van der Waals surface area contributed by atoms with E-state index >= 15 is 0 Å². The normalized spacial score (nSPS) is 16.7. The van der Waals surface area contributed by atoms with Gasteiger partial charge in [-0.3, -0.25) is 4.79 Å². The first-order chi connectivity index (χ1) is 9.70. The van der Waals surface area contributed by atoms with Crippen LogP contribution >= 0.6 is 0 Å². The van der Waals surface area contributed by atoms with E-state index in [1.54, 1.807) is 0 Å². The Bertz CT molecular complexity index is 467. The molecule has 1 aromatic carbocycles. The smallest absolute Gasteiger partial charge is 0.224 e. The second-order valence-electron chi connectivity index (χ2n) is 5.35. The minimum atomic E-state index is 0.252. The monoisotopic (exact) mass is 272 g/mol. The number of carbonyl (C=O) groups excluding carboxylic acids is 1. The third kappa shape index (κ3) is 3.94. The summed E-state index contributed by atoms with van der Waals surface area (Å²) < 4.78 is 0. The molecule has 0 aliphatic carbocycles. The molecule has 108 valence electrons. The van der Waals surface area contributed by atoms with Crippen LogP contribution in [0, 0.1) is 0 Å². The molecule has 0 radical (unpaired) electrons. The maximum atomic E-state index is 12.2. The SMILES string of the molecule is CCNC(C)CC(=O)N1CC=C(c2ccccc2)CC1. The Labute approximate surface area is 121 Å². The first kappa shape index (κ1) is 14.8. The molecule has 1 aliphatic rings. The molecule has 3 heteroatoms.